The average molecular weight is 310 g/mol. The van der Waals surface area contributed by atoms with Crippen molar-refractivity contribution in [2.45, 2.75) is 44.8 Å². The van der Waals surface area contributed by atoms with E-state index in [0.29, 0.717) is 6.04 Å². The van der Waals surface area contributed by atoms with Crippen molar-refractivity contribution in [3.8, 4) is 0 Å². The molecule has 0 radical (unpaired) electrons. The zero-order chi connectivity index (χ0) is 15.4. The molecule has 1 aromatic carbocycles. The summed E-state index contributed by atoms with van der Waals surface area (Å²) in [6.07, 6.45) is 2.35. The lowest BCUT2D eigenvalue weighted by Crippen LogP contribution is -2.47. The number of hydrogen-bond acceptors (Lipinski definition) is 3. The lowest BCUT2D eigenvalue weighted by atomic mass is 9.96. The van der Waals surface area contributed by atoms with Gasteiger partial charge in [0, 0.05) is 36.2 Å². The van der Waals surface area contributed by atoms with Gasteiger partial charge in [-0.05, 0) is 51.1 Å². The van der Waals surface area contributed by atoms with Gasteiger partial charge >= 0.3 is 0 Å². The van der Waals surface area contributed by atoms with Crippen molar-refractivity contribution in [1.29, 1.82) is 0 Å². The van der Waals surface area contributed by atoms with Gasteiger partial charge in [0.1, 0.15) is 0 Å². The van der Waals surface area contributed by atoms with Crippen LogP contribution in [-0.2, 0) is 0 Å². The van der Waals surface area contributed by atoms with Crippen molar-refractivity contribution in [1.82, 2.24) is 9.80 Å². The standard InChI is InChI=1S/C17H28ClN3/c1-4-16-12-20(3)10-5-11-21(16)17(13(2)19)14-6-8-15(18)9-7-14/h6-9,13,16-17H,4-5,10-12,19H2,1-3H3. The van der Waals surface area contributed by atoms with E-state index in [9.17, 15) is 0 Å². The van der Waals surface area contributed by atoms with Crippen LogP contribution in [0.15, 0.2) is 24.3 Å². The van der Waals surface area contributed by atoms with Gasteiger partial charge in [0.05, 0.1) is 0 Å². The maximum Gasteiger partial charge on any atom is 0.0499 e. The van der Waals surface area contributed by atoms with Crippen LogP contribution in [0, 0.1) is 0 Å². The lowest BCUT2D eigenvalue weighted by Gasteiger charge is -2.39. The summed E-state index contributed by atoms with van der Waals surface area (Å²) in [5.74, 6) is 0. The van der Waals surface area contributed by atoms with Gasteiger partial charge in [-0.3, -0.25) is 4.90 Å². The molecule has 1 saturated heterocycles. The molecule has 3 atom stereocenters. The van der Waals surface area contributed by atoms with Crippen molar-refractivity contribution in [3.63, 3.8) is 0 Å². The van der Waals surface area contributed by atoms with E-state index in [4.69, 9.17) is 17.3 Å². The number of nitrogens with two attached hydrogens (primary N) is 1. The molecule has 3 nitrogen and oxygen atoms in total. The van der Waals surface area contributed by atoms with Gasteiger partial charge in [-0.25, -0.2) is 0 Å². The van der Waals surface area contributed by atoms with E-state index in [1.165, 1.54) is 18.5 Å². The lowest BCUT2D eigenvalue weighted by molar-refractivity contribution is 0.113. The molecule has 2 rings (SSSR count). The maximum absolute atomic E-state index is 6.35. The molecule has 1 aliphatic heterocycles. The van der Waals surface area contributed by atoms with Crippen LogP contribution in [0.5, 0.6) is 0 Å². The summed E-state index contributed by atoms with van der Waals surface area (Å²) in [6, 6.07) is 9.11. The van der Waals surface area contributed by atoms with Crippen molar-refractivity contribution >= 4 is 11.6 Å². The number of halogens is 1. The molecule has 0 spiro atoms. The highest BCUT2D eigenvalue weighted by atomic mass is 35.5. The minimum absolute atomic E-state index is 0.101. The molecule has 4 heteroatoms. The Kier molecular flexibility index (Phi) is 6.06. The number of hydrogen-bond donors (Lipinski definition) is 1. The fourth-order valence-electron chi connectivity index (χ4n) is 3.45. The van der Waals surface area contributed by atoms with Gasteiger partial charge in [0.25, 0.3) is 0 Å². The summed E-state index contributed by atoms with van der Waals surface area (Å²) in [7, 11) is 2.22. The minimum Gasteiger partial charge on any atom is -0.326 e. The van der Waals surface area contributed by atoms with Gasteiger partial charge < -0.3 is 10.6 Å². The van der Waals surface area contributed by atoms with Gasteiger partial charge in [-0.15, -0.1) is 0 Å². The maximum atomic E-state index is 6.35. The van der Waals surface area contributed by atoms with E-state index in [1.807, 2.05) is 12.1 Å². The highest BCUT2D eigenvalue weighted by Gasteiger charge is 2.31. The van der Waals surface area contributed by atoms with Crippen LogP contribution in [0.4, 0.5) is 0 Å². The topological polar surface area (TPSA) is 32.5 Å². The Morgan fingerprint density at radius 2 is 1.95 bits per heavy atom. The van der Waals surface area contributed by atoms with E-state index >= 15 is 0 Å². The van der Waals surface area contributed by atoms with E-state index in [-0.39, 0.29) is 12.1 Å². The van der Waals surface area contributed by atoms with Crippen molar-refractivity contribution in [3.05, 3.63) is 34.9 Å². The Bertz CT molecular complexity index is 432. The van der Waals surface area contributed by atoms with E-state index in [1.54, 1.807) is 0 Å². The van der Waals surface area contributed by atoms with Crippen molar-refractivity contribution in [2.24, 2.45) is 5.73 Å². The minimum atomic E-state index is 0.101. The van der Waals surface area contributed by atoms with Gasteiger partial charge in [-0.2, -0.15) is 0 Å². The average Bonchev–Trinajstić information content (AvgIpc) is 2.63. The molecular weight excluding hydrogens is 282 g/mol. The second-order valence-electron chi connectivity index (χ2n) is 6.27. The van der Waals surface area contributed by atoms with E-state index in [0.717, 1.165) is 24.5 Å². The molecule has 1 fully saturated rings. The predicted octanol–water partition coefficient (Wildman–Crippen LogP) is 3.14. The van der Waals surface area contributed by atoms with Crippen LogP contribution < -0.4 is 5.73 Å². The Morgan fingerprint density at radius 3 is 2.52 bits per heavy atom. The number of likely N-dealkylation sites (N-methyl/N-ethyl adjacent to an activating group) is 1. The second-order valence-corrected chi connectivity index (χ2v) is 6.71. The van der Waals surface area contributed by atoms with Crippen LogP contribution in [0.3, 0.4) is 0 Å². The fraction of sp³-hybridized carbons (Fsp3) is 0.647. The molecule has 21 heavy (non-hydrogen) atoms. The van der Waals surface area contributed by atoms with Crippen molar-refractivity contribution < 1.29 is 0 Å². The number of rotatable bonds is 4. The fourth-order valence-corrected chi connectivity index (χ4v) is 3.57. The van der Waals surface area contributed by atoms with Crippen LogP contribution >= 0.6 is 11.6 Å². The van der Waals surface area contributed by atoms with Crippen LogP contribution in [0.1, 0.15) is 38.3 Å². The molecule has 0 amide bonds. The van der Waals surface area contributed by atoms with Gasteiger partial charge in [-0.1, -0.05) is 30.7 Å². The first-order valence-electron chi connectivity index (χ1n) is 7.98. The van der Waals surface area contributed by atoms with E-state index in [2.05, 4.69) is 42.8 Å². The monoisotopic (exact) mass is 309 g/mol. The largest absolute Gasteiger partial charge is 0.326 e. The molecule has 1 aromatic rings. The smallest absolute Gasteiger partial charge is 0.0499 e. The Hall–Kier alpha value is -0.610. The van der Waals surface area contributed by atoms with Crippen LogP contribution in [0.25, 0.3) is 0 Å². The molecule has 1 aliphatic rings. The third-order valence-corrected chi connectivity index (χ3v) is 4.74. The summed E-state index contributed by atoms with van der Waals surface area (Å²) >= 11 is 6.03. The molecule has 2 N–H and O–H groups in total. The molecule has 3 unspecified atom stereocenters. The first-order valence-corrected chi connectivity index (χ1v) is 8.36. The highest BCUT2D eigenvalue weighted by molar-refractivity contribution is 6.30. The predicted molar refractivity (Wildman–Crippen MR) is 90.7 cm³/mol. The molecule has 0 aromatic heterocycles. The summed E-state index contributed by atoms with van der Waals surface area (Å²) in [6.45, 7) is 7.78. The number of nitrogens with zero attached hydrogens (tertiary/aromatic N) is 2. The van der Waals surface area contributed by atoms with Gasteiger partial charge in [0.2, 0.25) is 0 Å². The Labute approximate surface area is 134 Å². The zero-order valence-electron chi connectivity index (χ0n) is 13.4. The molecular formula is C17H28ClN3. The molecule has 0 saturated carbocycles. The summed E-state index contributed by atoms with van der Waals surface area (Å²) < 4.78 is 0. The Balaban J connectivity index is 2.29. The molecule has 1 heterocycles. The third kappa shape index (κ3) is 4.19. The summed E-state index contributed by atoms with van der Waals surface area (Å²) in [5.41, 5.74) is 7.63. The normalized spacial score (nSPS) is 24.5. The number of benzene rings is 1. The highest BCUT2D eigenvalue weighted by Crippen LogP contribution is 2.29. The molecule has 0 aliphatic carbocycles. The van der Waals surface area contributed by atoms with E-state index < -0.39 is 0 Å². The summed E-state index contributed by atoms with van der Waals surface area (Å²) in [5, 5.41) is 0.782. The molecule has 118 valence electrons. The summed E-state index contributed by atoms with van der Waals surface area (Å²) in [4.78, 5) is 5.05. The molecule has 0 bridgehead atoms. The SMILES string of the molecule is CCC1CN(C)CCCN1C(c1ccc(Cl)cc1)C(C)N. The zero-order valence-corrected chi connectivity index (χ0v) is 14.2. The van der Waals surface area contributed by atoms with Gasteiger partial charge in [0.15, 0.2) is 0 Å². The first-order chi connectivity index (χ1) is 10.0. The Morgan fingerprint density at radius 1 is 1.29 bits per heavy atom. The van der Waals surface area contributed by atoms with Crippen LogP contribution in [0.2, 0.25) is 5.02 Å². The first kappa shape index (κ1) is 16.8. The van der Waals surface area contributed by atoms with Crippen LogP contribution in [-0.4, -0.2) is 48.6 Å². The van der Waals surface area contributed by atoms with Crippen molar-refractivity contribution in [2.75, 3.05) is 26.7 Å². The second kappa shape index (κ2) is 7.59. The quantitative estimate of drug-likeness (QED) is 0.927. The third-order valence-electron chi connectivity index (χ3n) is 4.49.